The summed E-state index contributed by atoms with van der Waals surface area (Å²) in [4.78, 5) is 11.4. The monoisotopic (exact) mass is 295 g/mol. The first-order chi connectivity index (χ1) is 10.0. The molecule has 0 aliphatic carbocycles. The Hall–Kier alpha value is -2.50. The third-order valence-corrected chi connectivity index (χ3v) is 2.86. The van der Waals surface area contributed by atoms with Crippen LogP contribution in [-0.4, -0.2) is 13.1 Å². The van der Waals surface area contributed by atoms with Crippen molar-refractivity contribution in [1.82, 2.24) is 0 Å². The number of nitrogens with one attached hydrogen (secondary N) is 1. The van der Waals surface area contributed by atoms with Gasteiger partial charge >= 0.3 is 5.97 Å². The molecule has 110 valence electrons. The van der Waals surface area contributed by atoms with Crippen LogP contribution in [0.1, 0.15) is 15.9 Å². The molecule has 3 nitrogen and oxygen atoms in total. The Morgan fingerprint density at radius 1 is 1.10 bits per heavy atom. The van der Waals surface area contributed by atoms with Crippen molar-refractivity contribution in [3.05, 3.63) is 65.0 Å². The molecule has 2 aromatic carbocycles. The first-order valence-electron chi connectivity index (χ1n) is 6.07. The number of hydrogen-bond acceptors (Lipinski definition) is 3. The zero-order valence-electron chi connectivity index (χ0n) is 11.1. The second-order valence-electron chi connectivity index (χ2n) is 4.28. The molecule has 0 radical (unpaired) electrons. The van der Waals surface area contributed by atoms with Gasteiger partial charge in [-0.15, -0.1) is 0 Å². The number of esters is 1. The summed E-state index contributed by atoms with van der Waals surface area (Å²) in [5, 5.41) is 2.63. The summed E-state index contributed by atoms with van der Waals surface area (Å²) in [6, 6.07) is 6.62. The van der Waals surface area contributed by atoms with E-state index >= 15 is 0 Å². The Balaban J connectivity index is 2.19. The highest BCUT2D eigenvalue weighted by Crippen LogP contribution is 2.19. The fourth-order valence-corrected chi connectivity index (χ4v) is 1.77. The van der Waals surface area contributed by atoms with Crippen LogP contribution in [0.15, 0.2) is 36.4 Å². The topological polar surface area (TPSA) is 38.3 Å². The number of benzene rings is 2. The Morgan fingerprint density at radius 3 is 2.52 bits per heavy atom. The zero-order chi connectivity index (χ0) is 15.4. The lowest BCUT2D eigenvalue weighted by atomic mass is 10.1. The predicted octanol–water partition coefficient (Wildman–Crippen LogP) is 3.50. The van der Waals surface area contributed by atoms with Gasteiger partial charge < -0.3 is 10.1 Å². The fourth-order valence-electron chi connectivity index (χ4n) is 1.77. The maximum atomic E-state index is 13.6. The minimum atomic E-state index is -0.616. The van der Waals surface area contributed by atoms with Crippen molar-refractivity contribution in [1.29, 1.82) is 0 Å². The molecule has 0 fully saturated rings. The summed E-state index contributed by atoms with van der Waals surface area (Å²) >= 11 is 0. The lowest BCUT2D eigenvalue weighted by Gasteiger charge is -2.10. The number of rotatable bonds is 4. The highest BCUT2D eigenvalue weighted by molar-refractivity contribution is 5.90. The van der Waals surface area contributed by atoms with Crippen LogP contribution in [0.2, 0.25) is 0 Å². The third-order valence-electron chi connectivity index (χ3n) is 2.86. The standard InChI is InChI=1S/C15H12F3NO2/c1-21-15(20)9-2-4-13(18)14(7-9)19-8-10-6-11(16)3-5-12(10)17/h2-7,19H,8H2,1H3. The van der Waals surface area contributed by atoms with Gasteiger partial charge in [-0.05, 0) is 36.4 Å². The summed E-state index contributed by atoms with van der Waals surface area (Å²) in [5.74, 6) is -2.42. The van der Waals surface area contributed by atoms with E-state index < -0.39 is 23.4 Å². The summed E-state index contributed by atoms with van der Waals surface area (Å²) in [7, 11) is 1.21. The summed E-state index contributed by atoms with van der Waals surface area (Å²) in [5.41, 5.74) is 0.209. The molecule has 0 aliphatic rings. The SMILES string of the molecule is COC(=O)c1ccc(F)c(NCc2cc(F)ccc2F)c1. The highest BCUT2D eigenvalue weighted by Gasteiger charge is 2.11. The van der Waals surface area contributed by atoms with Crippen LogP contribution in [0.5, 0.6) is 0 Å². The number of anilines is 1. The molecule has 6 heteroatoms. The molecule has 2 rings (SSSR count). The van der Waals surface area contributed by atoms with Gasteiger partial charge in [0.05, 0.1) is 18.4 Å². The molecular formula is C15H12F3NO2. The van der Waals surface area contributed by atoms with E-state index in [2.05, 4.69) is 10.1 Å². The molecule has 0 unspecified atom stereocenters. The summed E-state index contributed by atoms with van der Waals surface area (Å²) in [6.07, 6.45) is 0. The zero-order valence-corrected chi connectivity index (χ0v) is 11.1. The van der Waals surface area contributed by atoms with E-state index in [9.17, 15) is 18.0 Å². The van der Waals surface area contributed by atoms with E-state index in [1.807, 2.05) is 0 Å². The molecule has 0 saturated heterocycles. The molecule has 0 aromatic heterocycles. The van der Waals surface area contributed by atoms with E-state index in [1.165, 1.54) is 19.2 Å². The van der Waals surface area contributed by atoms with Gasteiger partial charge in [0.15, 0.2) is 0 Å². The quantitative estimate of drug-likeness (QED) is 0.877. The Kier molecular flexibility index (Phi) is 4.47. The molecule has 0 saturated carbocycles. The minimum absolute atomic E-state index is 0.00145. The van der Waals surface area contributed by atoms with Crippen LogP contribution in [0.4, 0.5) is 18.9 Å². The Labute approximate surface area is 119 Å². The number of carbonyl (C=O) groups is 1. The fraction of sp³-hybridized carbons (Fsp3) is 0.133. The number of carbonyl (C=O) groups excluding carboxylic acids is 1. The van der Waals surface area contributed by atoms with Crippen molar-refractivity contribution in [2.45, 2.75) is 6.54 Å². The minimum Gasteiger partial charge on any atom is -0.465 e. The molecule has 1 N–H and O–H groups in total. The van der Waals surface area contributed by atoms with Gasteiger partial charge in [-0.3, -0.25) is 0 Å². The van der Waals surface area contributed by atoms with E-state index in [0.29, 0.717) is 0 Å². The van der Waals surface area contributed by atoms with E-state index in [0.717, 1.165) is 24.3 Å². The van der Waals surface area contributed by atoms with Crippen molar-refractivity contribution in [3.63, 3.8) is 0 Å². The molecule has 0 atom stereocenters. The van der Waals surface area contributed by atoms with Gasteiger partial charge in [0.25, 0.3) is 0 Å². The molecule has 0 bridgehead atoms. The maximum absolute atomic E-state index is 13.6. The average molecular weight is 295 g/mol. The first-order valence-corrected chi connectivity index (χ1v) is 6.07. The molecule has 2 aromatic rings. The van der Waals surface area contributed by atoms with Crippen molar-refractivity contribution >= 4 is 11.7 Å². The van der Waals surface area contributed by atoms with Gasteiger partial charge in [-0.2, -0.15) is 0 Å². The number of methoxy groups -OCH3 is 1. The normalized spacial score (nSPS) is 10.3. The van der Waals surface area contributed by atoms with Crippen molar-refractivity contribution in [2.24, 2.45) is 0 Å². The van der Waals surface area contributed by atoms with E-state index in [-0.39, 0.29) is 23.4 Å². The lowest BCUT2D eigenvalue weighted by molar-refractivity contribution is 0.0600. The van der Waals surface area contributed by atoms with Crippen LogP contribution in [0.25, 0.3) is 0 Å². The summed E-state index contributed by atoms with van der Waals surface area (Å²) in [6.45, 7) is -0.120. The summed E-state index contributed by atoms with van der Waals surface area (Å²) < 4.78 is 44.7. The van der Waals surface area contributed by atoms with Crippen LogP contribution >= 0.6 is 0 Å². The van der Waals surface area contributed by atoms with Crippen LogP contribution in [0, 0.1) is 17.5 Å². The average Bonchev–Trinajstić information content (AvgIpc) is 2.48. The smallest absolute Gasteiger partial charge is 0.337 e. The predicted molar refractivity (Wildman–Crippen MR) is 71.4 cm³/mol. The third kappa shape index (κ3) is 3.53. The largest absolute Gasteiger partial charge is 0.465 e. The van der Waals surface area contributed by atoms with E-state index in [1.54, 1.807) is 0 Å². The second-order valence-corrected chi connectivity index (χ2v) is 4.28. The van der Waals surface area contributed by atoms with Gasteiger partial charge in [-0.1, -0.05) is 0 Å². The molecule has 21 heavy (non-hydrogen) atoms. The maximum Gasteiger partial charge on any atom is 0.337 e. The van der Waals surface area contributed by atoms with Crippen LogP contribution in [-0.2, 0) is 11.3 Å². The lowest BCUT2D eigenvalue weighted by Crippen LogP contribution is -2.07. The number of hydrogen-bond donors (Lipinski definition) is 1. The molecule has 0 aliphatic heterocycles. The molecular weight excluding hydrogens is 283 g/mol. The van der Waals surface area contributed by atoms with Gasteiger partial charge in [0, 0.05) is 12.1 Å². The molecule has 0 spiro atoms. The molecule has 0 heterocycles. The van der Waals surface area contributed by atoms with E-state index in [4.69, 9.17) is 0 Å². The Morgan fingerprint density at radius 2 is 1.81 bits per heavy atom. The Bertz CT molecular complexity index is 674. The van der Waals surface area contributed by atoms with Crippen LogP contribution in [0.3, 0.4) is 0 Å². The molecule has 0 amide bonds. The van der Waals surface area contributed by atoms with Crippen molar-refractivity contribution in [3.8, 4) is 0 Å². The first kappa shape index (κ1) is 14.9. The highest BCUT2D eigenvalue weighted by atomic mass is 19.1. The number of halogens is 3. The van der Waals surface area contributed by atoms with Gasteiger partial charge in [-0.25, -0.2) is 18.0 Å². The van der Waals surface area contributed by atoms with Crippen molar-refractivity contribution in [2.75, 3.05) is 12.4 Å². The second kappa shape index (κ2) is 6.30. The number of ether oxygens (including phenoxy) is 1. The van der Waals surface area contributed by atoms with Gasteiger partial charge in [0.1, 0.15) is 17.5 Å². The van der Waals surface area contributed by atoms with Crippen molar-refractivity contribution < 1.29 is 22.7 Å². The van der Waals surface area contributed by atoms with Crippen LogP contribution < -0.4 is 5.32 Å². The van der Waals surface area contributed by atoms with Gasteiger partial charge in [0.2, 0.25) is 0 Å².